The number of carbonyl (C=O) groups is 2. The van der Waals surface area contributed by atoms with Gasteiger partial charge in [0, 0.05) is 31.0 Å². The van der Waals surface area contributed by atoms with E-state index in [0.717, 1.165) is 13.1 Å². The maximum absolute atomic E-state index is 13.0. The Balaban J connectivity index is 2.05. The molecule has 1 aliphatic heterocycles. The Hall–Kier alpha value is -3.19. The number of likely N-dealkylation sites (N-methyl/N-ethyl adjacent to an activating group) is 1. The van der Waals surface area contributed by atoms with Crippen LogP contribution in [-0.2, 0) is 9.59 Å². The van der Waals surface area contributed by atoms with Crippen molar-refractivity contribution in [1.29, 1.82) is 0 Å². The molecule has 0 spiro atoms. The molecule has 30 heavy (non-hydrogen) atoms. The van der Waals surface area contributed by atoms with Crippen LogP contribution in [0.4, 0.5) is 0 Å². The molecule has 1 aromatic heterocycles. The van der Waals surface area contributed by atoms with E-state index in [4.69, 9.17) is 4.74 Å². The SMILES string of the molecule is CCN(CC)CCN1C(=O)C(=O)/C(=C(/O)c2ccc(OC)cc2)[C@H]1c1cccnc1. The Morgan fingerprint density at radius 1 is 1.17 bits per heavy atom. The van der Waals surface area contributed by atoms with Gasteiger partial charge >= 0.3 is 0 Å². The highest BCUT2D eigenvalue weighted by molar-refractivity contribution is 6.46. The molecule has 7 nitrogen and oxygen atoms in total. The third kappa shape index (κ3) is 4.21. The van der Waals surface area contributed by atoms with Crippen LogP contribution in [0.25, 0.3) is 5.76 Å². The van der Waals surface area contributed by atoms with Crippen molar-refractivity contribution in [1.82, 2.24) is 14.8 Å². The molecule has 2 aromatic rings. The lowest BCUT2D eigenvalue weighted by molar-refractivity contribution is -0.140. The highest BCUT2D eigenvalue weighted by atomic mass is 16.5. The molecular formula is C23H27N3O4. The molecule has 1 aliphatic rings. The van der Waals surface area contributed by atoms with E-state index >= 15 is 0 Å². The van der Waals surface area contributed by atoms with E-state index in [1.165, 1.54) is 4.90 Å². The maximum atomic E-state index is 13.0. The molecule has 1 saturated heterocycles. The summed E-state index contributed by atoms with van der Waals surface area (Å²) in [6.07, 6.45) is 3.26. The van der Waals surface area contributed by atoms with Gasteiger partial charge in [-0.3, -0.25) is 14.6 Å². The minimum Gasteiger partial charge on any atom is -0.507 e. The van der Waals surface area contributed by atoms with Crippen molar-refractivity contribution >= 4 is 17.4 Å². The molecule has 7 heteroatoms. The molecule has 1 fully saturated rings. The first-order chi connectivity index (χ1) is 14.5. The number of Topliss-reactive ketones (excluding diaryl/α,β-unsaturated/α-hetero) is 1. The van der Waals surface area contributed by atoms with E-state index in [2.05, 4.69) is 23.7 Å². The first kappa shape index (κ1) is 21.5. The Morgan fingerprint density at radius 2 is 1.87 bits per heavy atom. The molecule has 0 saturated carbocycles. The highest BCUT2D eigenvalue weighted by Crippen LogP contribution is 2.39. The molecule has 158 valence electrons. The molecular weight excluding hydrogens is 382 g/mol. The summed E-state index contributed by atoms with van der Waals surface area (Å²) in [5, 5.41) is 11.0. The van der Waals surface area contributed by atoms with Gasteiger partial charge in [0.25, 0.3) is 11.7 Å². The number of hydrogen-bond acceptors (Lipinski definition) is 6. The van der Waals surface area contributed by atoms with Crippen LogP contribution < -0.4 is 4.74 Å². The van der Waals surface area contributed by atoms with Crippen molar-refractivity contribution in [3.8, 4) is 5.75 Å². The molecule has 3 rings (SSSR count). The number of carbonyl (C=O) groups excluding carboxylic acids is 2. The van der Waals surface area contributed by atoms with Gasteiger partial charge in [-0.15, -0.1) is 0 Å². The predicted molar refractivity (Wildman–Crippen MR) is 114 cm³/mol. The van der Waals surface area contributed by atoms with Crippen molar-refractivity contribution < 1.29 is 19.4 Å². The predicted octanol–water partition coefficient (Wildman–Crippen LogP) is 2.85. The standard InChI is InChI=1S/C23H27N3O4/c1-4-25(5-2)13-14-26-20(17-7-6-12-24-15-17)19(22(28)23(26)29)21(27)16-8-10-18(30-3)11-9-16/h6-12,15,20,27H,4-5,13-14H2,1-3H3/b21-19+/t20-/m1/s1. The van der Waals surface area contributed by atoms with E-state index in [1.807, 2.05) is 6.07 Å². The third-order valence-corrected chi connectivity index (χ3v) is 5.46. The van der Waals surface area contributed by atoms with Crippen LogP contribution in [0.2, 0.25) is 0 Å². The lowest BCUT2D eigenvalue weighted by Gasteiger charge is -2.28. The van der Waals surface area contributed by atoms with Gasteiger partial charge in [-0.25, -0.2) is 0 Å². The minimum absolute atomic E-state index is 0.0812. The second kappa shape index (κ2) is 9.54. The van der Waals surface area contributed by atoms with Crippen molar-refractivity contribution in [2.45, 2.75) is 19.9 Å². The molecule has 1 N–H and O–H groups in total. The van der Waals surface area contributed by atoms with E-state index < -0.39 is 17.7 Å². The van der Waals surface area contributed by atoms with Crippen LogP contribution in [0.5, 0.6) is 5.75 Å². The fraction of sp³-hybridized carbons (Fsp3) is 0.348. The highest BCUT2D eigenvalue weighted by Gasteiger charge is 2.46. The zero-order valence-electron chi connectivity index (χ0n) is 17.5. The van der Waals surface area contributed by atoms with Crippen LogP contribution in [0.1, 0.15) is 31.0 Å². The molecule has 0 unspecified atom stereocenters. The number of ketones is 1. The second-order valence-corrected chi connectivity index (χ2v) is 7.03. The Morgan fingerprint density at radius 3 is 2.43 bits per heavy atom. The first-order valence-corrected chi connectivity index (χ1v) is 10.1. The van der Waals surface area contributed by atoms with Crippen molar-refractivity contribution in [2.75, 3.05) is 33.3 Å². The largest absolute Gasteiger partial charge is 0.507 e. The number of hydrogen-bond donors (Lipinski definition) is 1. The molecule has 1 atom stereocenters. The number of nitrogens with zero attached hydrogens (tertiary/aromatic N) is 3. The average Bonchev–Trinajstić information content (AvgIpc) is 3.05. The number of methoxy groups -OCH3 is 1. The van der Waals surface area contributed by atoms with E-state index in [0.29, 0.717) is 30.0 Å². The summed E-state index contributed by atoms with van der Waals surface area (Å²) < 4.78 is 5.16. The number of pyridine rings is 1. The minimum atomic E-state index is -0.684. The van der Waals surface area contributed by atoms with Crippen molar-refractivity contribution in [2.24, 2.45) is 0 Å². The third-order valence-electron chi connectivity index (χ3n) is 5.46. The van der Waals surface area contributed by atoms with Gasteiger partial charge in [-0.1, -0.05) is 19.9 Å². The molecule has 1 aromatic carbocycles. The van der Waals surface area contributed by atoms with Gasteiger partial charge in [-0.05, 0) is 49.0 Å². The lowest BCUT2D eigenvalue weighted by atomic mass is 9.96. The maximum Gasteiger partial charge on any atom is 0.295 e. The van der Waals surface area contributed by atoms with Gasteiger partial charge in [0.2, 0.25) is 0 Å². The molecule has 0 radical (unpaired) electrons. The fourth-order valence-electron chi connectivity index (χ4n) is 3.69. The van der Waals surface area contributed by atoms with Gasteiger partial charge in [-0.2, -0.15) is 0 Å². The smallest absolute Gasteiger partial charge is 0.295 e. The van der Waals surface area contributed by atoms with Crippen LogP contribution >= 0.6 is 0 Å². The second-order valence-electron chi connectivity index (χ2n) is 7.03. The number of aliphatic hydroxyl groups is 1. The normalized spacial score (nSPS) is 18.3. The van der Waals surface area contributed by atoms with Crippen molar-refractivity contribution in [3.05, 3.63) is 65.5 Å². The van der Waals surface area contributed by atoms with Gasteiger partial charge in [0.1, 0.15) is 11.5 Å². The number of rotatable bonds is 8. The molecule has 0 bridgehead atoms. The van der Waals surface area contributed by atoms with Gasteiger partial charge < -0.3 is 19.6 Å². The van der Waals surface area contributed by atoms with E-state index in [1.54, 1.807) is 49.8 Å². The van der Waals surface area contributed by atoms with Crippen LogP contribution in [0.15, 0.2) is 54.4 Å². The van der Waals surface area contributed by atoms with E-state index in [9.17, 15) is 14.7 Å². The number of amides is 1. The Labute approximate surface area is 176 Å². The fourth-order valence-corrected chi connectivity index (χ4v) is 3.69. The monoisotopic (exact) mass is 409 g/mol. The number of ether oxygens (including phenoxy) is 1. The average molecular weight is 409 g/mol. The van der Waals surface area contributed by atoms with Crippen LogP contribution in [0, 0.1) is 0 Å². The topological polar surface area (TPSA) is 83.0 Å². The van der Waals surface area contributed by atoms with E-state index in [-0.39, 0.29) is 11.3 Å². The summed E-state index contributed by atoms with van der Waals surface area (Å²) in [4.78, 5) is 33.7. The summed E-state index contributed by atoms with van der Waals surface area (Å²) in [6, 6.07) is 9.61. The lowest BCUT2D eigenvalue weighted by Crippen LogP contribution is -2.38. The first-order valence-electron chi connectivity index (χ1n) is 10.1. The van der Waals surface area contributed by atoms with Crippen LogP contribution in [0.3, 0.4) is 0 Å². The van der Waals surface area contributed by atoms with Crippen molar-refractivity contribution in [3.63, 3.8) is 0 Å². The summed E-state index contributed by atoms with van der Waals surface area (Å²) in [6.45, 7) is 6.83. The zero-order chi connectivity index (χ0) is 21.7. The molecule has 1 amide bonds. The number of aliphatic hydroxyl groups excluding tert-OH is 1. The Kier molecular flexibility index (Phi) is 6.84. The van der Waals surface area contributed by atoms with Gasteiger partial charge in [0.15, 0.2) is 0 Å². The van der Waals surface area contributed by atoms with Gasteiger partial charge in [0.05, 0.1) is 18.7 Å². The summed E-state index contributed by atoms with van der Waals surface area (Å²) in [7, 11) is 1.55. The van der Waals surface area contributed by atoms with Crippen LogP contribution in [-0.4, -0.2) is 64.9 Å². The molecule has 0 aliphatic carbocycles. The number of aromatic nitrogens is 1. The summed E-state index contributed by atoms with van der Waals surface area (Å²) >= 11 is 0. The summed E-state index contributed by atoms with van der Waals surface area (Å²) in [5.74, 6) is -0.854. The quantitative estimate of drug-likeness (QED) is 0.410. The Bertz CT molecular complexity index is 921. The number of benzene rings is 1. The number of likely N-dealkylation sites (tertiary alicyclic amines) is 1. The summed E-state index contributed by atoms with van der Waals surface area (Å²) in [5.41, 5.74) is 1.22. The molecule has 2 heterocycles. The zero-order valence-corrected chi connectivity index (χ0v) is 17.5.